The molecule has 3 N–H and O–H groups in total. The zero-order valence-corrected chi connectivity index (χ0v) is 10.8. The summed E-state index contributed by atoms with van der Waals surface area (Å²) in [4.78, 5) is 3.32. The molecule has 3 rings (SSSR count). The van der Waals surface area contributed by atoms with Gasteiger partial charge in [0.1, 0.15) is 10.7 Å². The van der Waals surface area contributed by atoms with Crippen LogP contribution in [-0.4, -0.2) is 38.2 Å². The molecule has 6 nitrogen and oxygen atoms in total. The third kappa shape index (κ3) is 2.14. The van der Waals surface area contributed by atoms with Gasteiger partial charge in [0.25, 0.3) is 0 Å². The molecule has 1 saturated heterocycles. The minimum absolute atomic E-state index is 0.175. The molecule has 0 radical (unpaired) electrons. The van der Waals surface area contributed by atoms with E-state index < -0.39 is 21.9 Å². The molecule has 4 atom stereocenters. The number of aromatic nitrogens is 1. The van der Waals surface area contributed by atoms with Crippen LogP contribution in [0.4, 0.5) is 4.39 Å². The number of halogens is 1. The highest BCUT2D eigenvalue weighted by Crippen LogP contribution is 2.38. The molecule has 104 valence electrons. The summed E-state index contributed by atoms with van der Waals surface area (Å²) in [6.45, 7) is 0.600. The van der Waals surface area contributed by atoms with Crippen molar-refractivity contribution in [3.63, 3.8) is 0 Å². The predicted molar refractivity (Wildman–Crippen MR) is 64.1 cm³/mol. The van der Waals surface area contributed by atoms with Crippen LogP contribution in [-0.2, 0) is 14.8 Å². The van der Waals surface area contributed by atoms with E-state index in [-0.39, 0.29) is 23.0 Å². The lowest BCUT2D eigenvalue weighted by atomic mass is 9.73. The van der Waals surface area contributed by atoms with Gasteiger partial charge >= 0.3 is 0 Å². The third-order valence-electron chi connectivity index (χ3n) is 3.73. The van der Waals surface area contributed by atoms with Crippen molar-refractivity contribution in [2.75, 3.05) is 6.61 Å². The molecule has 1 aliphatic carbocycles. The average Bonchev–Trinajstić information content (AvgIpc) is 2.81. The lowest BCUT2D eigenvalue weighted by Crippen LogP contribution is -2.68. The lowest BCUT2D eigenvalue weighted by Gasteiger charge is -2.45. The fourth-order valence-corrected chi connectivity index (χ4v) is 3.93. The van der Waals surface area contributed by atoms with E-state index >= 15 is 0 Å². The van der Waals surface area contributed by atoms with Gasteiger partial charge in [-0.1, -0.05) is 0 Å². The van der Waals surface area contributed by atoms with Crippen LogP contribution in [0, 0.1) is 11.7 Å². The second-order valence-corrected chi connectivity index (χ2v) is 6.57. The molecule has 8 heteroatoms. The largest absolute Gasteiger partial charge is 0.376 e. The maximum absolute atomic E-state index is 13.0. The molecular weight excluding hydrogens is 273 g/mol. The number of hydrogen-bond acceptors (Lipinski definition) is 5. The van der Waals surface area contributed by atoms with Crippen molar-refractivity contribution >= 4 is 10.0 Å². The van der Waals surface area contributed by atoms with Crippen molar-refractivity contribution in [2.45, 2.75) is 29.5 Å². The summed E-state index contributed by atoms with van der Waals surface area (Å²) >= 11 is 0. The first-order valence-corrected chi connectivity index (χ1v) is 7.47. The molecule has 0 aromatic carbocycles. The highest BCUT2D eigenvalue weighted by atomic mass is 32.2. The van der Waals surface area contributed by atoms with Gasteiger partial charge in [-0.15, -0.1) is 0 Å². The SMILES string of the molecule is NC1C2CCOC2C1NS(=O)(=O)c1cncc(F)c1. The van der Waals surface area contributed by atoms with Crippen molar-refractivity contribution in [2.24, 2.45) is 11.7 Å². The molecule has 1 aliphatic heterocycles. The van der Waals surface area contributed by atoms with Gasteiger partial charge in [0.05, 0.1) is 18.3 Å². The Morgan fingerprint density at radius 2 is 2.26 bits per heavy atom. The summed E-state index contributed by atoms with van der Waals surface area (Å²) in [5.74, 6) is -0.492. The fraction of sp³-hybridized carbons (Fsp3) is 0.545. The van der Waals surface area contributed by atoms with Gasteiger partial charge in [-0.3, -0.25) is 4.98 Å². The van der Waals surface area contributed by atoms with Crippen LogP contribution in [0.1, 0.15) is 6.42 Å². The van der Waals surface area contributed by atoms with Gasteiger partial charge in [-0.25, -0.2) is 17.5 Å². The molecule has 1 aromatic rings. The summed E-state index contributed by atoms with van der Waals surface area (Å²) in [7, 11) is -3.83. The summed E-state index contributed by atoms with van der Waals surface area (Å²) in [6.07, 6.45) is 2.73. The van der Waals surface area contributed by atoms with E-state index in [1.807, 2.05) is 0 Å². The highest BCUT2D eigenvalue weighted by molar-refractivity contribution is 7.89. The Balaban J connectivity index is 1.79. The number of rotatable bonds is 3. The van der Waals surface area contributed by atoms with Gasteiger partial charge in [0.15, 0.2) is 0 Å². The maximum Gasteiger partial charge on any atom is 0.242 e. The molecule has 4 unspecified atom stereocenters. The lowest BCUT2D eigenvalue weighted by molar-refractivity contribution is -0.00924. The van der Waals surface area contributed by atoms with Crippen molar-refractivity contribution in [3.05, 3.63) is 24.3 Å². The summed E-state index contributed by atoms with van der Waals surface area (Å²) in [5, 5.41) is 0. The minimum Gasteiger partial charge on any atom is -0.376 e. The molecule has 1 aromatic heterocycles. The van der Waals surface area contributed by atoms with Gasteiger partial charge < -0.3 is 10.5 Å². The average molecular weight is 287 g/mol. The zero-order valence-electron chi connectivity index (χ0n) is 9.99. The first-order chi connectivity index (χ1) is 8.99. The molecule has 0 bridgehead atoms. The van der Waals surface area contributed by atoms with E-state index in [0.29, 0.717) is 6.61 Å². The van der Waals surface area contributed by atoms with Crippen molar-refractivity contribution in [3.8, 4) is 0 Å². The van der Waals surface area contributed by atoms with Crippen LogP contribution < -0.4 is 10.5 Å². The minimum atomic E-state index is -3.83. The van der Waals surface area contributed by atoms with Crippen molar-refractivity contribution < 1.29 is 17.5 Å². The van der Waals surface area contributed by atoms with Gasteiger partial charge in [0.2, 0.25) is 10.0 Å². The maximum atomic E-state index is 13.0. The number of nitrogens with one attached hydrogen (secondary N) is 1. The number of hydrogen-bond donors (Lipinski definition) is 2. The summed E-state index contributed by atoms with van der Waals surface area (Å²) < 4.78 is 45.1. The van der Waals surface area contributed by atoms with Crippen LogP contribution >= 0.6 is 0 Å². The fourth-order valence-electron chi connectivity index (χ4n) is 2.68. The van der Waals surface area contributed by atoms with Crippen LogP contribution in [0.25, 0.3) is 0 Å². The van der Waals surface area contributed by atoms with E-state index in [0.717, 1.165) is 24.9 Å². The number of nitrogens with zero attached hydrogens (tertiary/aromatic N) is 1. The molecule has 2 aliphatic rings. The Morgan fingerprint density at radius 1 is 1.47 bits per heavy atom. The van der Waals surface area contributed by atoms with Crippen molar-refractivity contribution in [1.82, 2.24) is 9.71 Å². The molecule has 0 spiro atoms. The summed E-state index contributed by atoms with van der Waals surface area (Å²) in [6, 6.07) is 0.205. The first kappa shape index (κ1) is 12.9. The van der Waals surface area contributed by atoms with Gasteiger partial charge in [-0.05, 0) is 12.5 Å². The molecular formula is C11H14FN3O3S. The Hall–Kier alpha value is -1.09. The molecule has 1 saturated carbocycles. The topological polar surface area (TPSA) is 94.3 Å². The predicted octanol–water partition coefficient (Wildman–Crippen LogP) is -0.386. The second kappa shape index (κ2) is 4.48. The third-order valence-corrected chi connectivity index (χ3v) is 5.15. The van der Waals surface area contributed by atoms with Crippen LogP contribution in [0.15, 0.2) is 23.4 Å². The van der Waals surface area contributed by atoms with E-state index in [1.54, 1.807) is 0 Å². The standard InChI is InChI=1S/C11H14FN3O3S/c12-6-3-7(5-14-4-6)19(16,17)15-10-9(13)8-1-2-18-11(8)10/h3-5,8-11,15H,1-2,13H2. The number of fused-ring (bicyclic) bond motifs is 1. The first-order valence-electron chi connectivity index (χ1n) is 5.99. The van der Waals surface area contributed by atoms with E-state index in [2.05, 4.69) is 9.71 Å². The quantitative estimate of drug-likeness (QED) is 0.790. The van der Waals surface area contributed by atoms with E-state index in [4.69, 9.17) is 10.5 Å². The van der Waals surface area contributed by atoms with Crippen molar-refractivity contribution in [1.29, 1.82) is 0 Å². The number of pyridine rings is 1. The molecule has 2 fully saturated rings. The van der Waals surface area contributed by atoms with Crippen LogP contribution in [0.3, 0.4) is 0 Å². The number of nitrogens with two attached hydrogens (primary N) is 1. The molecule has 2 heterocycles. The van der Waals surface area contributed by atoms with E-state index in [9.17, 15) is 12.8 Å². The Bertz CT molecular complexity index is 595. The normalized spacial score (nSPS) is 33.8. The van der Waals surface area contributed by atoms with Crippen LogP contribution in [0.2, 0.25) is 0 Å². The highest BCUT2D eigenvalue weighted by Gasteiger charge is 2.53. The summed E-state index contributed by atoms with van der Waals surface area (Å²) in [5.41, 5.74) is 5.93. The molecule has 19 heavy (non-hydrogen) atoms. The van der Waals surface area contributed by atoms with Gasteiger partial charge in [-0.2, -0.15) is 0 Å². The Kier molecular flexibility index (Phi) is 3.05. The van der Waals surface area contributed by atoms with Gasteiger partial charge in [0, 0.05) is 24.8 Å². The Labute approximate surface area is 110 Å². The monoisotopic (exact) mass is 287 g/mol. The van der Waals surface area contributed by atoms with E-state index in [1.165, 1.54) is 0 Å². The number of ether oxygens (including phenoxy) is 1. The second-order valence-electron chi connectivity index (χ2n) is 4.85. The zero-order chi connectivity index (χ0) is 13.6. The van der Waals surface area contributed by atoms with Crippen LogP contribution in [0.5, 0.6) is 0 Å². The smallest absolute Gasteiger partial charge is 0.242 e. The Morgan fingerprint density at radius 3 is 3.00 bits per heavy atom. The molecule has 0 amide bonds. The number of sulfonamides is 1.